The Morgan fingerprint density at radius 1 is 1.06 bits per heavy atom. The van der Waals surface area contributed by atoms with Gasteiger partial charge in [0.1, 0.15) is 11.7 Å². The lowest BCUT2D eigenvalue weighted by molar-refractivity contribution is -0.118. The van der Waals surface area contributed by atoms with Crippen molar-refractivity contribution in [1.82, 2.24) is 4.57 Å². The highest BCUT2D eigenvalue weighted by Crippen LogP contribution is 2.50. The summed E-state index contributed by atoms with van der Waals surface area (Å²) >= 11 is 1.61. The fourth-order valence-corrected chi connectivity index (χ4v) is 6.50. The number of anilines is 2. The van der Waals surface area contributed by atoms with Gasteiger partial charge in [-0.15, -0.1) is 11.8 Å². The van der Waals surface area contributed by atoms with Gasteiger partial charge in [0, 0.05) is 17.9 Å². The molecular formula is C29H27N3O2S. The Labute approximate surface area is 208 Å². The van der Waals surface area contributed by atoms with Crippen LogP contribution in [0.15, 0.2) is 76.6 Å². The van der Waals surface area contributed by atoms with E-state index in [1.165, 1.54) is 16.3 Å². The molecule has 0 bridgehead atoms. The highest BCUT2D eigenvalue weighted by Gasteiger charge is 2.39. The molecule has 0 saturated heterocycles. The van der Waals surface area contributed by atoms with Gasteiger partial charge >= 0.3 is 0 Å². The first kappa shape index (κ1) is 22.0. The van der Waals surface area contributed by atoms with Crippen LogP contribution in [0, 0.1) is 6.92 Å². The fraction of sp³-hybridized carbons (Fsp3) is 0.241. The molecule has 6 heteroatoms. The van der Waals surface area contributed by atoms with E-state index in [4.69, 9.17) is 5.73 Å². The number of nitrogen functional groups attached to an aromatic ring is 1. The van der Waals surface area contributed by atoms with Gasteiger partial charge < -0.3 is 11.1 Å². The summed E-state index contributed by atoms with van der Waals surface area (Å²) < 4.78 is 1.66. The summed E-state index contributed by atoms with van der Waals surface area (Å²) in [4.78, 5) is 26.8. The fourth-order valence-electron chi connectivity index (χ4n) is 5.09. The van der Waals surface area contributed by atoms with Crippen molar-refractivity contribution >= 4 is 39.8 Å². The van der Waals surface area contributed by atoms with Gasteiger partial charge in [0.15, 0.2) is 0 Å². The zero-order chi connectivity index (χ0) is 24.1. The largest absolute Gasteiger partial charge is 0.394 e. The lowest BCUT2D eigenvalue weighted by atomic mass is 9.93. The number of carbonyl (C=O) groups is 1. The van der Waals surface area contributed by atoms with Gasteiger partial charge in [-0.3, -0.25) is 14.2 Å². The second-order valence-corrected chi connectivity index (χ2v) is 10.6. The van der Waals surface area contributed by atoms with E-state index in [-0.39, 0.29) is 17.2 Å². The average Bonchev–Trinajstić information content (AvgIpc) is 3.61. The SMILES string of the molecule is Cc1ccc(NC(=O)C2CSc3c(C4CC4)c(Cc4cccc5ccccc45)c(N)c(=O)n32)cc1. The Hall–Kier alpha value is -3.51. The van der Waals surface area contributed by atoms with Gasteiger partial charge in [0.2, 0.25) is 5.91 Å². The van der Waals surface area contributed by atoms with E-state index in [9.17, 15) is 9.59 Å². The van der Waals surface area contributed by atoms with E-state index < -0.39 is 6.04 Å². The predicted octanol–water partition coefficient (Wildman–Crippen LogP) is 5.65. The molecule has 3 N–H and O–H groups in total. The summed E-state index contributed by atoms with van der Waals surface area (Å²) in [6.45, 7) is 2.01. The molecule has 1 aliphatic heterocycles. The Bertz CT molecular complexity index is 1510. The van der Waals surface area contributed by atoms with E-state index in [1.807, 2.05) is 43.3 Å². The molecule has 0 spiro atoms. The minimum Gasteiger partial charge on any atom is -0.394 e. The molecule has 2 aliphatic rings. The van der Waals surface area contributed by atoms with Gasteiger partial charge in [-0.05, 0) is 65.3 Å². The van der Waals surface area contributed by atoms with Crippen molar-refractivity contribution in [3.05, 3.63) is 99.3 Å². The Morgan fingerprint density at radius 2 is 1.80 bits per heavy atom. The van der Waals surface area contributed by atoms with Crippen LogP contribution in [0.25, 0.3) is 10.8 Å². The van der Waals surface area contributed by atoms with Crippen LogP contribution in [0.5, 0.6) is 0 Å². The average molecular weight is 482 g/mol. The molecule has 35 heavy (non-hydrogen) atoms. The number of aromatic nitrogens is 1. The molecule has 1 saturated carbocycles. The molecular weight excluding hydrogens is 454 g/mol. The smallest absolute Gasteiger partial charge is 0.275 e. The molecule has 1 aliphatic carbocycles. The number of amides is 1. The lowest BCUT2D eigenvalue weighted by Crippen LogP contribution is -2.34. The molecule has 1 atom stereocenters. The normalized spacial score (nSPS) is 16.9. The number of nitrogens with one attached hydrogen (secondary N) is 1. The van der Waals surface area contributed by atoms with Gasteiger partial charge in [0.25, 0.3) is 5.56 Å². The van der Waals surface area contributed by atoms with Crippen LogP contribution in [0.2, 0.25) is 0 Å². The van der Waals surface area contributed by atoms with E-state index in [1.54, 1.807) is 16.3 Å². The van der Waals surface area contributed by atoms with Gasteiger partial charge in [0.05, 0.1) is 5.03 Å². The molecule has 4 aromatic rings. The summed E-state index contributed by atoms with van der Waals surface area (Å²) in [5.41, 5.74) is 11.7. The third kappa shape index (κ3) is 3.92. The van der Waals surface area contributed by atoms with Crippen molar-refractivity contribution in [2.24, 2.45) is 0 Å². The van der Waals surface area contributed by atoms with Crippen LogP contribution >= 0.6 is 11.8 Å². The number of rotatable bonds is 5. The molecule has 0 radical (unpaired) electrons. The molecule has 3 aromatic carbocycles. The first-order chi connectivity index (χ1) is 17.0. The van der Waals surface area contributed by atoms with E-state index in [0.29, 0.717) is 18.1 Å². The Kier molecular flexibility index (Phi) is 5.41. The van der Waals surface area contributed by atoms with E-state index in [0.717, 1.165) is 40.2 Å². The van der Waals surface area contributed by atoms with Crippen LogP contribution in [0.1, 0.15) is 47.1 Å². The maximum atomic E-state index is 13.6. The first-order valence-corrected chi connectivity index (χ1v) is 13.0. The molecule has 1 unspecified atom stereocenters. The van der Waals surface area contributed by atoms with Gasteiger partial charge in [-0.25, -0.2) is 0 Å². The number of benzene rings is 3. The van der Waals surface area contributed by atoms with Crippen molar-refractivity contribution in [1.29, 1.82) is 0 Å². The minimum absolute atomic E-state index is 0.176. The van der Waals surface area contributed by atoms with Crippen LogP contribution in [0.4, 0.5) is 11.4 Å². The van der Waals surface area contributed by atoms with Crippen LogP contribution in [-0.4, -0.2) is 16.2 Å². The van der Waals surface area contributed by atoms with Crippen molar-refractivity contribution < 1.29 is 4.79 Å². The van der Waals surface area contributed by atoms with Gasteiger partial charge in [-0.1, -0.05) is 60.2 Å². The number of aryl methyl sites for hydroxylation is 1. The van der Waals surface area contributed by atoms with Crippen molar-refractivity contribution in [3.63, 3.8) is 0 Å². The molecule has 1 fully saturated rings. The maximum absolute atomic E-state index is 13.6. The molecule has 5 nitrogen and oxygen atoms in total. The van der Waals surface area contributed by atoms with Crippen LogP contribution < -0.4 is 16.6 Å². The summed E-state index contributed by atoms with van der Waals surface area (Å²) in [6, 6.07) is 21.7. The number of thioether (sulfide) groups is 1. The topological polar surface area (TPSA) is 77.1 Å². The zero-order valence-electron chi connectivity index (χ0n) is 19.6. The third-order valence-corrected chi connectivity index (χ3v) is 8.27. The minimum atomic E-state index is -0.574. The molecule has 6 rings (SSSR count). The predicted molar refractivity (Wildman–Crippen MR) is 143 cm³/mol. The van der Waals surface area contributed by atoms with E-state index in [2.05, 4.69) is 35.6 Å². The zero-order valence-corrected chi connectivity index (χ0v) is 20.4. The maximum Gasteiger partial charge on any atom is 0.275 e. The summed E-state index contributed by atoms with van der Waals surface area (Å²) in [5.74, 6) is 0.754. The van der Waals surface area contributed by atoms with Crippen LogP contribution in [-0.2, 0) is 11.2 Å². The number of carbonyl (C=O) groups excluding carboxylic acids is 1. The number of nitrogens with two attached hydrogens (primary N) is 1. The second-order valence-electron chi connectivity index (χ2n) is 9.56. The van der Waals surface area contributed by atoms with Gasteiger partial charge in [-0.2, -0.15) is 0 Å². The summed E-state index contributed by atoms with van der Waals surface area (Å²) in [5, 5.41) is 6.26. The molecule has 1 aromatic heterocycles. The van der Waals surface area contributed by atoms with Crippen molar-refractivity contribution in [3.8, 4) is 0 Å². The highest BCUT2D eigenvalue weighted by molar-refractivity contribution is 7.99. The first-order valence-electron chi connectivity index (χ1n) is 12.0. The summed E-state index contributed by atoms with van der Waals surface area (Å²) in [6.07, 6.45) is 2.80. The number of hydrogen-bond acceptors (Lipinski definition) is 4. The molecule has 1 amide bonds. The third-order valence-electron chi connectivity index (χ3n) is 7.09. The molecule has 2 heterocycles. The highest BCUT2D eigenvalue weighted by atomic mass is 32.2. The van der Waals surface area contributed by atoms with Crippen molar-refractivity contribution in [2.75, 3.05) is 16.8 Å². The Balaban J connectivity index is 1.41. The number of pyridine rings is 1. The quantitative estimate of drug-likeness (QED) is 0.386. The van der Waals surface area contributed by atoms with E-state index >= 15 is 0 Å². The van der Waals surface area contributed by atoms with Crippen LogP contribution in [0.3, 0.4) is 0 Å². The number of nitrogens with zero attached hydrogens (tertiary/aromatic N) is 1. The molecule has 176 valence electrons. The standard InChI is InChI=1S/C29H27N3O2S/c1-17-9-13-21(14-10-17)31-27(33)24-16-35-29-25(19-11-12-19)23(26(30)28(34)32(24)29)15-20-7-4-6-18-5-2-3-8-22(18)20/h2-10,13-14,19,24H,11-12,15-16,30H2,1H3,(H,31,33). The lowest BCUT2D eigenvalue weighted by Gasteiger charge is -2.20. The monoisotopic (exact) mass is 481 g/mol. The summed E-state index contributed by atoms with van der Waals surface area (Å²) in [7, 11) is 0. The second kappa shape index (κ2) is 8.61. The number of fused-ring (bicyclic) bond motifs is 2. The van der Waals surface area contributed by atoms with Crippen molar-refractivity contribution in [2.45, 2.75) is 43.2 Å². The number of hydrogen-bond donors (Lipinski definition) is 2. The Morgan fingerprint density at radius 3 is 2.57 bits per heavy atom.